The van der Waals surface area contributed by atoms with Crippen LogP contribution < -0.4 is 4.74 Å². The number of benzene rings is 1. The molecule has 0 aliphatic rings. The summed E-state index contributed by atoms with van der Waals surface area (Å²) >= 11 is 0. The van der Waals surface area contributed by atoms with Crippen LogP contribution in [0.25, 0.3) is 6.08 Å². The van der Waals surface area contributed by atoms with Crippen molar-refractivity contribution in [2.24, 2.45) is 0 Å². The minimum Gasteiger partial charge on any atom is -0.497 e. The zero-order valence-corrected chi connectivity index (χ0v) is 10.0. The summed E-state index contributed by atoms with van der Waals surface area (Å²) in [4.78, 5) is 22.6. The van der Waals surface area contributed by atoms with Crippen LogP contribution in [0.2, 0.25) is 0 Å². The van der Waals surface area contributed by atoms with E-state index in [-0.39, 0.29) is 11.4 Å². The number of hydrogen-bond acceptors (Lipinski definition) is 4. The van der Waals surface area contributed by atoms with Gasteiger partial charge in [-0.1, -0.05) is 12.1 Å². The molecule has 90 valence electrons. The van der Waals surface area contributed by atoms with Gasteiger partial charge in [-0.25, -0.2) is 4.79 Å². The molecule has 0 saturated heterocycles. The highest BCUT2D eigenvalue weighted by Gasteiger charge is 2.14. The van der Waals surface area contributed by atoms with E-state index in [0.717, 1.165) is 5.56 Å². The summed E-state index contributed by atoms with van der Waals surface area (Å²) in [6.07, 6.45) is 1.49. The monoisotopic (exact) mass is 234 g/mol. The molecule has 0 spiro atoms. The second kappa shape index (κ2) is 5.84. The average molecular weight is 234 g/mol. The largest absolute Gasteiger partial charge is 0.497 e. The molecular weight excluding hydrogens is 220 g/mol. The van der Waals surface area contributed by atoms with Gasteiger partial charge in [-0.3, -0.25) is 4.79 Å². The van der Waals surface area contributed by atoms with Gasteiger partial charge in [-0.05, 0) is 30.7 Å². The van der Waals surface area contributed by atoms with E-state index in [1.165, 1.54) is 20.1 Å². The van der Waals surface area contributed by atoms with Crippen molar-refractivity contribution in [2.75, 3.05) is 14.2 Å². The van der Waals surface area contributed by atoms with Crippen LogP contribution >= 0.6 is 0 Å². The number of ether oxygens (including phenoxy) is 2. The molecule has 0 unspecified atom stereocenters. The second-order valence-corrected chi connectivity index (χ2v) is 3.38. The lowest BCUT2D eigenvalue weighted by Gasteiger charge is -2.02. The van der Waals surface area contributed by atoms with E-state index in [9.17, 15) is 9.59 Å². The first kappa shape index (κ1) is 13.0. The number of rotatable bonds is 4. The fourth-order valence-electron chi connectivity index (χ4n) is 1.28. The molecule has 0 aliphatic carbocycles. The fraction of sp³-hybridized carbons (Fsp3) is 0.231. The molecule has 0 amide bonds. The second-order valence-electron chi connectivity index (χ2n) is 3.38. The van der Waals surface area contributed by atoms with Crippen LogP contribution in [-0.4, -0.2) is 26.0 Å². The predicted molar refractivity (Wildman–Crippen MR) is 63.7 cm³/mol. The van der Waals surface area contributed by atoms with Crippen molar-refractivity contribution in [3.05, 3.63) is 35.4 Å². The zero-order valence-electron chi connectivity index (χ0n) is 10.0. The van der Waals surface area contributed by atoms with E-state index in [0.29, 0.717) is 5.75 Å². The summed E-state index contributed by atoms with van der Waals surface area (Å²) in [6.45, 7) is 1.33. The van der Waals surface area contributed by atoms with Crippen LogP contribution in [0.5, 0.6) is 5.75 Å². The van der Waals surface area contributed by atoms with Gasteiger partial charge in [0.15, 0.2) is 5.78 Å². The Kier molecular flexibility index (Phi) is 4.46. The molecule has 0 saturated carbocycles. The van der Waals surface area contributed by atoms with E-state index in [2.05, 4.69) is 4.74 Å². The summed E-state index contributed by atoms with van der Waals surface area (Å²) in [5, 5.41) is 0. The fourth-order valence-corrected chi connectivity index (χ4v) is 1.28. The van der Waals surface area contributed by atoms with Crippen LogP contribution in [-0.2, 0) is 14.3 Å². The first-order chi connectivity index (χ1) is 8.08. The molecule has 4 nitrogen and oxygen atoms in total. The topological polar surface area (TPSA) is 52.6 Å². The van der Waals surface area contributed by atoms with E-state index in [1.807, 2.05) is 0 Å². The van der Waals surface area contributed by atoms with E-state index in [1.54, 1.807) is 31.4 Å². The third-order valence-corrected chi connectivity index (χ3v) is 2.21. The molecule has 0 aromatic heterocycles. The number of hydrogen-bond donors (Lipinski definition) is 0. The van der Waals surface area contributed by atoms with Crippen molar-refractivity contribution in [1.82, 2.24) is 0 Å². The summed E-state index contributed by atoms with van der Waals surface area (Å²) in [5.74, 6) is -0.245. The minimum atomic E-state index is -0.631. The van der Waals surface area contributed by atoms with Gasteiger partial charge in [-0.2, -0.15) is 0 Å². The Morgan fingerprint density at radius 1 is 1.12 bits per heavy atom. The molecule has 1 aromatic rings. The molecule has 0 N–H and O–H groups in total. The van der Waals surface area contributed by atoms with Crippen LogP contribution in [0, 0.1) is 0 Å². The summed E-state index contributed by atoms with van der Waals surface area (Å²) in [5.41, 5.74) is 0.763. The zero-order chi connectivity index (χ0) is 12.8. The lowest BCUT2D eigenvalue weighted by Crippen LogP contribution is -2.11. The van der Waals surface area contributed by atoms with E-state index in [4.69, 9.17) is 4.74 Å². The Bertz CT molecular complexity index is 443. The summed E-state index contributed by atoms with van der Waals surface area (Å²) < 4.78 is 9.55. The Hall–Kier alpha value is -2.10. The minimum absolute atomic E-state index is 0.0256. The molecule has 0 bridgehead atoms. The highest BCUT2D eigenvalue weighted by molar-refractivity contribution is 6.19. The van der Waals surface area contributed by atoms with Crippen LogP contribution in [0.15, 0.2) is 29.8 Å². The highest BCUT2D eigenvalue weighted by Crippen LogP contribution is 2.14. The molecule has 0 aliphatic heterocycles. The Labute approximate surface area is 99.8 Å². The Morgan fingerprint density at radius 3 is 2.12 bits per heavy atom. The van der Waals surface area contributed by atoms with Gasteiger partial charge in [-0.15, -0.1) is 0 Å². The summed E-state index contributed by atoms with van der Waals surface area (Å²) in [7, 11) is 2.81. The molecule has 1 aromatic carbocycles. The van der Waals surface area contributed by atoms with Crippen molar-refractivity contribution < 1.29 is 19.1 Å². The maximum absolute atomic E-state index is 11.3. The Morgan fingerprint density at radius 2 is 1.71 bits per heavy atom. The first-order valence-corrected chi connectivity index (χ1v) is 5.03. The lowest BCUT2D eigenvalue weighted by atomic mass is 10.1. The highest BCUT2D eigenvalue weighted by atomic mass is 16.5. The number of carbonyl (C=O) groups excluding carboxylic acids is 2. The molecule has 0 heterocycles. The van der Waals surface area contributed by atoms with Gasteiger partial charge >= 0.3 is 5.97 Å². The van der Waals surface area contributed by atoms with Gasteiger partial charge < -0.3 is 9.47 Å². The molecule has 0 fully saturated rings. The molecular formula is C13H14O4. The molecule has 4 heteroatoms. The van der Waals surface area contributed by atoms with Gasteiger partial charge in [0.05, 0.1) is 14.2 Å². The number of carbonyl (C=O) groups is 2. The first-order valence-electron chi connectivity index (χ1n) is 5.03. The Balaban J connectivity index is 3.04. The van der Waals surface area contributed by atoms with Crippen LogP contribution in [0.3, 0.4) is 0 Å². The third kappa shape index (κ3) is 3.45. The lowest BCUT2D eigenvalue weighted by molar-refractivity contribution is -0.137. The van der Waals surface area contributed by atoms with Crippen molar-refractivity contribution in [3.63, 3.8) is 0 Å². The standard InChI is InChI=1S/C13H14O4/c1-9(14)12(13(15)17-3)8-10-4-6-11(16-2)7-5-10/h4-8H,1-3H3/b12-8-. The number of Topliss-reactive ketones (excluding diaryl/α,β-unsaturated/α-hetero) is 1. The molecule has 0 radical (unpaired) electrons. The molecule has 17 heavy (non-hydrogen) atoms. The van der Waals surface area contributed by atoms with E-state index >= 15 is 0 Å². The normalized spacial score (nSPS) is 10.9. The third-order valence-electron chi connectivity index (χ3n) is 2.21. The maximum atomic E-state index is 11.3. The van der Waals surface area contributed by atoms with Crippen molar-refractivity contribution in [2.45, 2.75) is 6.92 Å². The van der Waals surface area contributed by atoms with Crippen molar-refractivity contribution in [3.8, 4) is 5.75 Å². The van der Waals surface area contributed by atoms with Crippen molar-refractivity contribution in [1.29, 1.82) is 0 Å². The SMILES string of the molecule is COC(=O)/C(=C\c1ccc(OC)cc1)C(C)=O. The van der Waals surface area contributed by atoms with Gasteiger partial charge in [0.25, 0.3) is 0 Å². The molecule has 0 atom stereocenters. The number of esters is 1. The van der Waals surface area contributed by atoms with Gasteiger partial charge in [0, 0.05) is 0 Å². The smallest absolute Gasteiger partial charge is 0.341 e. The van der Waals surface area contributed by atoms with Crippen LogP contribution in [0.4, 0.5) is 0 Å². The number of ketones is 1. The van der Waals surface area contributed by atoms with E-state index < -0.39 is 5.97 Å². The van der Waals surface area contributed by atoms with Gasteiger partial charge in [0.2, 0.25) is 0 Å². The quantitative estimate of drug-likeness (QED) is 0.345. The van der Waals surface area contributed by atoms with Crippen molar-refractivity contribution >= 4 is 17.8 Å². The maximum Gasteiger partial charge on any atom is 0.341 e. The summed E-state index contributed by atoms with van der Waals surface area (Å²) in [6, 6.07) is 7.01. The average Bonchev–Trinajstić information content (AvgIpc) is 2.35. The van der Waals surface area contributed by atoms with Crippen LogP contribution in [0.1, 0.15) is 12.5 Å². The molecule has 1 rings (SSSR count). The van der Waals surface area contributed by atoms with Gasteiger partial charge in [0.1, 0.15) is 11.3 Å². The number of methoxy groups -OCH3 is 2. The predicted octanol–water partition coefficient (Wildman–Crippen LogP) is 1.84.